The van der Waals surface area contributed by atoms with Crippen LogP contribution in [0.15, 0.2) is 65.7 Å². The summed E-state index contributed by atoms with van der Waals surface area (Å²) < 4.78 is 21.2. The molecule has 0 spiro atoms. The molecule has 2 heterocycles. The molecule has 2 aromatic carbocycles. The lowest BCUT2D eigenvalue weighted by molar-refractivity contribution is -0.118. The normalized spacial score (nSPS) is 21.0. The Morgan fingerprint density at radius 2 is 1.93 bits per heavy atom. The summed E-state index contributed by atoms with van der Waals surface area (Å²) in [5, 5.41) is 0.687. The van der Waals surface area contributed by atoms with E-state index in [1.54, 1.807) is 6.07 Å². The number of hydrogen-bond acceptors (Lipinski definition) is 5. The molecule has 30 heavy (non-hydrogen) atoms. The highest BCUT2D eigenvalue weighted by Crippen LogP contribution is 2.51. The van der Waals surface area contributed by atoms with E-state index in [4.69, 9.17) is 15.5 Å². The highest BCUT2D eigenvalue weighted by Gasteiger charge is 2.43. The van der Waals surface area contributed by atoms with Crippen LogP contribution in [0.25, 0.3) is 15.8 Å². The number of carbonyl (C=O) groups excluding carboxylic acids is 1. The Labute approximate surface area is 177 Å². The molecule has 1 aromatic heterocycles. The molecule has 0 fully saturated rings. The van der Waals surface area contributed by atoms with Gasteiger partial charge in [-0.15, -0.1) is 11.3 Å². The topological polar surface area (TPSA) is 65.2 Å². The number of rotatable bonds is 2. The van der Waals surface area contributed by atoms with E-state index in [0.29, 0.717) is 40.3 Å². The Morgan fingerprint density at radius 3 is 2.70 bits per heavy atom. The Balaban J connectivity index is 1.74. The summed E-state index contributed by atoms with van der Waals surface area (Å²) in [7, 11) is 0. The first kappa shape index (κ1) is 19.0. The lowest BCUT2D eigenvalue weighted by Crippen LogP contribution is -2.33. The number of allylic oxidation sites excluding steroid dienone is 3. The van der Waals surface area contributed by atoms with Crippen LogP contribution in [0.2, 0.25) is 0 Å². The fraction of sp³-hybridized carbons (Fsp3) is 0.250. The predicted molar refractivity (Wildman–Crippen MR) is 116 cm³/mol. The first-order valence-corrected chi connectivity index (χ1v) is 10.7. The number of halogens is 1. The van der Waals surface area contributed by atoms with Crippen LogP contribution in [0.1, 0.15) is 43.2 Å². The third-order valence-electron chi connectivity index (χ3n) is 5.66. The molecule has 2 N–H and O–H groups in total. The highest BCUT2D eigenvalue weighted by molar-refractivity contribution is 7.19. The van der Waals surface area contributed by atoms with E-state index in [1.807, 2.05) is 44.2 Å². The summed E-state index contributed by atoms with van der Waals surface area (Å²) in [5.41, 5.74) is 8.95. The number of hydrogen-bond donors (Lipinski definition) is 1. The molecule has 6 heteroatoms. The van der Waals surface area contributed by atoms with Crippen LogP contribution < -0.4 is 5.73 Å². The maximum atomic E-state index is 14.2. The first-order chi connectivity index (χ1) is 14.3. The molecule has 3 aromatic rings. The molecule has 2 aliphatic rings. The minimum absolute atomic E-state index is 0.0154. The van der Waals surface area contributed by atoms with Gasteiger partial charge in [0.2, 0.25) is 0 Å². The smallest absolute Gasteiger partial charge is 0.197 e. The van der Waals surface area contributed by atoms with Crippen LogP contribution in [0.4, 0.5) is 4.39 Å². The Hall–Kier alpha value is -2.99. The number of thiazole rings is 1. The summed E-state index contributed by atoms with van der Waals surface area (Å²) in [6.07, 6.45) is 1.02. The molecule has 1 aliphatic carbocycles. The van der Waals surface area contributed by atoms with Crippen LogP contribution in [0.3, 0.4) is 0 Å². The summed E-state index contributed by atoms with van der Waals surface area (Å²) in [5.74, 6) is -0.0253. The number of benzene rings is 2. The Morgan fingerprint density at radius 1 is 1.13 bits per heavy atom. The van der Waals surface area contributed by atoms with Crippen molar-refractivity contribution in [3.8, 4) is 0 Å². The van der Waals surface area contributed by atoms with Crippen LogP contribution in [0.5, 0.6) is 0 Å². The Bertz CT molecular complexity index is 1220. The maximum absolute atomic E-state index is 14.2. The van der Waals surface area contributed by atoms with Crippen molar-refractivity contribution >= 4 is 32.9 Å². The van der Waals surface area contributed by atoms with E-state index in [2.05, 4.69) is 0 Å². The van der Waals surface area contributed by atoms with Gasteiger partial charge in [-0.3, -0.25) is 4.79 Å². The van der Waals surface area contributed by atoms with Crippen molar-refractivity contribution in [1.29, 1.82) is 0 Å². The second-order valence-electron chi connectivity index (χ2n) is 8.63. The summed E-state index contributed by atoms with van der Waals surface area (Å²) in [6, 6.07) is 14.2. The standard InChI is InChI=1S/C24H21FN2O2S/c1-24(2)11-16(28)20-17(12-24)29-22(26)21(19(20)13-6-5-7-14(25)10-13)23-27-15-8-3-4-9-18(15)30-23/h3-10,19H,11-12,26H2,1-2H3. The highest BCUT2D eigenvalue weighted by atomic mass is 32.1. The second kappa shape index (κ2) is 6.77. The van der Waals surface area contributed by atoms with Gasteiger partial charge in [0, 0.05) is 24.3 Å². The number of carbonyl (C=O) groups is 1. The molecule has 0 saturated carbocycles. The average Bonchev–Trinajstić information content (AvgIpc) is 3.09. The quantitative estimate of drug-likeness (QED) is 0.593. The van der Waals surface area contributed by atoms with Crippen molar-refractivity contribution in [1.82, 2.24) is 4.98 Å². The largest absolute Gasteiger partial charge is 0.445 e. The first-order valence-electron chi connectivity index (χ1n) is 9.87. The third-order valence-corrected chi connectivity index (χ3v) is 6.73. The summed E-state index contributed by atoms with van der Waals surface area (Å²) >= 11 is 1.49. The molecule has 152 valence electrons. The summed E-state index contributed by atoms with van der Waals surface area (Å²) in [6.45, 7) is 4.08. The number of Topliss-reactive ketones (excluding diaryl/α,β-unsaturated/α-hetero) is 1. The minimum Gasteiger partial charge on any atom is -0.445 e. The van der Waals surface area contributed by atoms with Gasteiger partial charge in [0.05, 0.1) is 15.8 Å². The van der Waals surface area contributed by atoms with Crippen LogP contribution >= 0.6 is 11.3 Å². The van der Waals surface area contributed by atoms with Gasteiger partial charge in [-0.1, -0.05) is 38.1 Å². The van der Waals surface area contributed by atoms with E-state index in [0.717, 1.165) is 10.2 Å². The number of para-hydroxylation sites is 1. The summed E-state index contributed by atoms with van der Waals surface area (Å²) in [4.78, 5) is 18.0. The maximum Gasteiger partial charge on any atom is 0.197 e. The van der Waals surface area contributed by atoms with Crippen molar-refractivity contribution in [2.24, 2.45) is 11.1 Å². The van der Waals surface area contributed by atoms with Crippen molar-refractivity contribution in [2.75, 3.05) is 0 Å². The van der Waals surface area contributed by atoms with E-state index >= 15 is 0 Å². The number of nitrogens with two attached hydrogens (primary N) is 1. The number of aromatic nitrogens is 1. The van der Waals surface area contributed by atoms with Crippen molar-refractivity contribution in [3.05, 3.63) is 82.1 Å². The van der Waals surface area contributed by atoms with Crippen LogP contribution in [0, 0.1) is 11.2 Å². The fourth-order valence-corrected chi connectivity index (χ4v) is 5.45. The molecule has 1 atom stereocenters. The molecule has 0 radical (unpaired) electrons. The monoisotopic (exact) mass is 420 g/mol. The van der Waals surface area contributed by atoms with Gasteiger partial charge in [0.1, 0.15) is 16.6 Å². The van der Waals surface area contributed by atoms with Crippen molar-refractivity contribution in [3.63, 3.8) is 0 Å². The molecule has 5 rings (SSSR count). The zero-order valence-electron chi connectivity index (χ0n) is 16.7. The zero-order valence-corrected chi connectivity index (χ0v) is 17.6. The molecule has 0 amide bonds. The lowest BCUT2D eigenvalue weighted by Gasteiger charge is -2.38. The van der Waals surface area contributed by atoms with E-state index in [-0.39, 0.29) is 22.9 Å². The predicted octanol–water partition coefficient (Wildman–Crippen LogP) is 5.52. The SMILES string of the molecule is CC1(C)CC(=O)C2=C(C1)OC(N)=C(c1nc3ccccc3s1)C2c1cccc(F)c1. The lowest BCUT2D eigenvalue weighted by atomic mass is 9.70. The third kappa shape index (κ3) is 3.12. The number of fused-ring (bicyclic) bond motifs is 1. The number of ether oxygens (including phenoxy) is 1. The van der Waals surface area contributed by atoms with Gasteiger partial charge >= 0.3 is 0 Å². The van der Waals surface area contributed by atoms with E-state index in [1.165, 1.54) is 23.5 Å². The second-order valence-corrected chi connectivity index (χ2v) is 9.66. The van der Waals surface area contributed by atoms with Gasteiger partial charge in [0.25, 0.3) is 0 Å². The molecule has 0 saturated heterocycles. The van der Waals surface area contributed by atoms with Gasteiger partial charge in [0.15, 0.2) is 11.7 Å². The number of nitrogens with zero attached hydrogens (tertiary/aromatic N) is 1. The van der Waals surface area contributed by atoms with Gasteiger partial charge in [-0.05, 0) is 35.2 Å². The molecule has 4 nitrogen and oxygen atoms in total. The molecule has 1 aliphatic heterocycles. The van der Waals surface area contributed by atoms with Crippen LogP contribution in [-0.2, 0) is 9.53 Å². The van der Waals surface area contributed by atoms with Gasteiger partial charge < -0.3 is 10.5 Å². The van der Waals surface area contributed by atoms with Crippen molar-refractivity contribution < 1.29 is 13.9 Å². The fourth-order valence-electron chi connectivity index (χ4n) is 4.40. The average molecular weight is 421 g/mol. The molecular weight excluding hydrogens is 399 g/mol. The van der Waals surface area contributed by atoms with E-state index < -0.39 is 5.92 Å². The van der Waals surface area contributed by atoms with Crippen molar-refractivity contribution in [2.45, 2.75) is 32.6 Å². The number of ketones is 1. The van der Waals surface area contributed by atoms with Gasteiger partial charge in [-0.25, -0.2) is 9.37 Å². The van der Waals surface area contributed by atoms with E-state index in [9.17, 15) is 9.18 Å². The molecular formula is C24H21FN2O2S. The Kier molecular flexibility index (Phi) is 4.29. The molecule has 0 bridgehead atoms. The molecule has 1 unspecified atom stereocenters. The minimum atomic E-state index is -0.506. The van der Waals surface area contributed by atoms with Crippen LogP contribution in [-0.4, -0.2) is 10.8 Å². The van der Waals surface area contributed by atoms with Gasteiger partial charge in [-0.2, -0.15) is 0 Å². The zero-order chi connectivity index (χ0) is 21.0.